The number of ether oxygens (including phenoxy) is 1. The average Bonchev–Trinajstić information content (AvgIpc) is 2.36. The summed E-state index contributed by atoms with van der Waals surface area (Å²) in [5.74, 6) is 4.53. The zero-order chi connectivity index (χ0) is 13.4. The second-order valence-electron chi connectivity index (χ2n) is 3.44. The lowest BCUT2D eigenvalue weighted by atomic mass is 10.1. The van der Waals surface area contributed by atoms with Gasteiger partial charge in [0.15, 0.2) is 0 Å². The maximum Gasteiger partial charge on any atom is 0.252 e. The van der Waals surface area contributed by atoms with Crippen LogP contribution in [0.1, 0.15) is 15.9 Å². The molecule has 0 aliphatic carbocycles. The van der Waals surface area contributed by atoms with Crippen LogP contribution in [0.25, 0.3) is 0 Å². The van der Waals surface area contributed by atoms with E-state index in [4.69, 9.17) is 10.5 Å². The molecule has 4 nitrogen and oxygen atoms in total. The quantitative estimate of drug-likeness (QED) is 0.604. The van der Waals surface area contributed by atoms with E-state index >= 15 is 0 Å². The van der Waals surface area contributed by atoms with Crippen LogP contribution in [0, 0.1) is 17.7 Å². The first-order valence-electron chi connectivity index (χ1n) is 5.44. The summed E-state index contributed by atoms with van der Waals surface area (Å²) in [6.07, 6.45) is 0. The summed E-state index contributed by atoms with van der Waals surface area (Å²) in [5.41, 5.74) is 5.91. The van der Waals surface area contributed by atoms with Crippen LogP contribution in [0.4, 0.5) is 4.39 Å². The van der Waals surface area contributed by atoms with Gasteiger partial charge in [-0.2, -0.15) is 0 Å². The van der Waals surface area contributed by atoms with Crippen LogP contribution in [-0.4, -0.2) is 32.7 Å². The number of methoxy groups -OCH3 is 1. The molecule has 5 heteroatoms. The van der Waals surface area contributed by atoms with Gasteiger partial charge in [-0.15, -0.1) is 0 Å². The van der Waals surface area contributed by atoms with Crippen LogP contribution in [-0.2, 0) is 4.74 Å². The van der Waals surface area contributed by atoms with Crippen molar-refractivity contribution in [3.8, 4) is 11.8 Å². The van der Waals surface area contributed by atoms with E-state index in [0.29, 0.717) is 24.3 Å². The van der Waals surface area contributed by atoms with Crippen molar-refractivity contribution in [2.75, 3.05) is 26.8 Å². The minimum absolute atomic E-state index is 0.154. The number of benzene rings is 1. The number of carbonyl (C=O) groups excluding carboxylic acids is 1. The maximum atomic E-state index is 13.1. The summed E-state index contributed by atoms with van der Waals surface area (Å²) in [5, 5.41) is 2.65. The topological polar surface area (TPSA) is 64.3 Å². The number of hydrogen-bond acceptors (Lipinski definition) is 3. The number of nitrogens with one attached hydrogen (secondary N) is 1. The van der Waals surface area contributed by atoms with E-state index in [1.165, 1.54) is 18.2 Å². The molecule has 1 rings (SSSR count). The second kappa shape index (κ2) is 7.43. The summed E-state index contributed by atoms with van der Waals surface area (Å²) < 4.78 is 17.9. The molecule has 96 valence electrons. The number of amides is 1. The molecule has 0 aliphatic heterocycles. The molecule has 0 fully saturated rings. The minimum atomic E-state index is -0.440. The lowest BCUT2D eigenvalue weighted by Gasteiger charge is -2.06. The number of nitrogens with two attached hydrogens (primary N) is 1. The molecule has 1 aromatic carbocycles. The lowest BCUT2D eigenvalue weighted by molar-refractivity contribution is 0.0937. The van der Waals surface area contributed by atoms with Crippen LogP contribution in [0.3, 0.4) is 0 Å². The Hall–Kier alpha value is -1.90. The highest BCUT2D eigenvalue weighted by Gasteiger charge is 2.10. The van der Waals surface area contributed by atoms with E-state index in [9.17, 15) is 9.18 Å². The van der Waals surface area contributed by atoms with Crippen molar-refractivity contribution in [2.45, 2.75) is 0 Å². The molecule has 18 heavy (non-hydrogen) atoms. The van der Waals surface area contributed by atoms with Crippen LogP contribution < -0.4 is 11.1 Å². The Morgan fingerprint density at radius 1 is 1.56 bits per heavy atom. The second-order valence-corrected chi connectivity index (χ2v) is 3.44. The van der Waals surface area contributed by atoms with Gasteiger partial charge in [-0.3, -0.25) is 4.79 Å². The first-order chi connectivity index (χ1) is 8.69. The highest BCUT2D eigenvalue weighted by atomic mass is 19.1. The standard InChI is InChI=1S/C13H15FN2O2/c1-18-8-7-16-13(17)12-5-4-11(14)9-10(12)3-2-6-15/h4-5,9H,6-8,15H2,1H3,(H,16,17). The lowest BCUT2D eigenvalue weighted by Crippen LogP contribution is -2.27. The van der Waals surface area contributed by atoms with Gasteiger partial charge in [0, 0.05) is 19.2 Å². The van der Waals surface area contributed by atoms with Crippen LogP contribution in [0.5, 0.6) is 0 Å². The van der Waals surface area contributed by atoms with Gasteiger partial charge in [0.2, 0.25) is 0 Å². The van der Waals surface area contributed by atoms with Crippen molar-refractivity contribution in [2.24, 2.45) is 5.73 Å². The zero-order valence-corrected chi connectivity index (χ0v) is 10.1. The Balaban J connectivity index is 2.89. The molecule has 3 N–H and O–H groups in total. The van der Waals surface area contributed by atoms with Crippen LogP contribution in [0.15, 0.2) is 18.2 Å². The summed E-state index contributed by atoms with van der Waals surface area (Å²) in [6.45, 7) is 0.953. The normalized spacial score (nSPS) is 9.50. The first-order valence-corrected chi connectivity index (χ1v) is 5.44. The summed E-state index contributed by atoms with van der Waals surface area (Å²) in [7, 11) is 1.54. The molecule has 0 heterocycles. The fourth-order valence-corrected chi connectivity index (χ4v) is 1.33. The Morgan fingerprint density at radius 3 is 3.00 bits per heavy atom. The van der Waals surface area contributed by atoms with Crippen LogP contribution in [0.2, 0.25) is 0 Å². The molecular weight excluding hydrogens is 235 g/mol. The molecule has 0 unspecified atom stereocenters. The fourth-order valence-electron chi connectivity index (χ4n) is 1.33. The SMILES string of the molecule is COCCNC(=O)c1ccc(F)cc1C#CCN. The Bertz CT molecular complexity index is 478. The van der Waals surface area contributed by atoms with Crippen molar-refractivity contribution >= 4 is 5.91 Å². The van der Waals surface area contributed by atoms with E-state index in [1.54, 1.807) is 7.11 Å². The van der Waals surface area contributed by atoms with Crippen molar-refractivity contribution in [1.29, 1.82) is 0 Å². The average molecular weight is 250 g/mol. The van der Waals surface area contributed by atoms with Gasteiger partial charge in [0.1, 0.15) is 5.82 Å². The molecule has 0 radical (unpaired) electrons. The molecular formula is C13H15FN2O2. The fraction of sp³-hybridized carbons (Fsp3) is 0.308. The number of carbonyl (C=O) groups is 1. The van der Waals surface area contributed by atoms with Gasteiger partial charge in [-0.05, 0) is 18.2 Å². The Morgan fingerprint density at radius 2 is 2.33 bits per heavy atom. The third-order valence-electron chi connectivity index (χ3n) is 2.14. The smallest absolute Gasteiger partial charge is 0.252 e. The van der Waals surface area contributed by atoms with E-state index in [-0.39, 0.29) is 12.5 Å². The van der Waals surface area contributed by atoms with E-state index in [2.05, 4.69) is 17.2 Å². The van der Waals surface area contributed by atoms with Gasteiger partial charge in [-0.1, -0.05) is 11.8 Å². The molecule has 0 saturated heterocycles. The van der Waals surface area contributed by atoms with Crippen molar-refractivity contribution < 1.29 is 13.9 Å². The van der Waals surface area contributed by atoms with Gasteiger partial charge in [-0.25, -0.2) is 4.39 Å². The highest BCUT2D eigenvalue weighted by Crippen LogP contribution is 2.10. The summed E-state index contributed by atoms with van der Waals surface area (Å²) in [4.78, 5) is 11.8. The molecule has 0 aromatic heterocycles. The van der Waals surface area contributed by atoms with Gasteiger partial charge in [0.05, 0.1) is 18.7 Å². The maximum absolute atomic E-state index is 13.1. The van der Waals surface area contributed by atoms with Crippen molar-refractivity contribution in [1.82, 2.24) is 5.32 Å². The van der Waals surface area contributed by atoms with Gasteiger partial charge in [0.25, 0.3) is 5.91 Å². The molecule has 0 aliphatic rings. The predicted molar refractivity (Wildman–Crippen MR) is 66.5 cm³/mol. The minimum Gasteiger partial charge on any atom is -0.383 e. The molecule has 0 bridgehead atoms. The first kappa shape index (κ1) is 14.2. The molecule has 1 amide bonds. The number of halogens is 1. The number of hydrogen-bond donors (Lipinski definition) is 2. The molecule has 0 atom stereocenters. The largest absolute Gasteiger partial charge is 0.383 e. The highest BCUT2D eigenvalue weighted by molar-refractivity contribution is 5.96. The summed E-state index contributed by atoms with van der Waals surface area (Å²) in [6, 6.07) is 3.84. The van der Waals surface area contributed by atoms with Crippen molar-refractivity contribution in [3.05, 3.63) is 35.1 Å². The monoisotopic (exact) mass is 250 g/mol. The van der Waals surface area contributed by atoms with Crippen LogP contribution >= 0.6 is 0 Å². The molecule has 1 aromatic rings. The zero-order valence-electron chi connectivity index (χ0n) is 10.1. The predicted octanol–water partition coefficient (Wildman–Crippen LogP) is 0.512. The van der Waals surface area contributed by atoms with Gasteiger partial charge < -0.3 is 15.8 Å². The van der Waals surface area contributed by atoms with E-state index in [0.717, 1.165) is 0 Å². The number of rotatable bonds is 4. The molecule has 0 spiro atoms. The third kappa shape index (κ3) is 4.17. The van der Waals surface area contributed by atoms with E-state index in [1.807, 2.05) is 0 Å². The van der Waals surface area contributed by atoms with Gasteiger partial charge >= 0.3 is 0 Å². The third-order valence-corrected chi connectivity index (χ3v) is 2.14. The van der Waals surface area contributed by atoms with Crippen molar-refractivity contribution in [3.63, 3.8) is 0 Å². The molecule has 0 saturated carbocycles. The summed E-state index contributed by atoms with van der Waals surface area (Å²) >= 11 is 0. The Kier molecular flexibility index (Phi) is 5.85. The Labute approximate surface area is 105 Å². The van der Waals surface area contributed by atoms with E-state index < -0.39 is 5.82 Å².